The summed E-state index contributed by atoms with van der Waals surface area (Å²) in [4.78, 5) is 2.30. The second kappa shape index (κ2) is 4.89. The average Bonchev–Trinajstić information content (AvgIpc) is 2.19. The highest BCUT2D eigenvalue weighted by Crippen LogP contribution is 2.20. The van der Waals surface area contributed by atoms with Gasteiger partial charge in [-0.2, -0.15) is 0 Å². The van der Waals surface area contributed by atoms with Gasteiger partial charge in [0, 0.05) is 24.5 Å². The number of nitrogen functional groups attached to an aromatic ring is 1. The first-order valence-electron chi connectivity index (χ1n) is 5.27. The summed E-state index contributed by atoms with van der Waals surface area (Å²) in [6, 6.07) is 8.66. The lowest BCUT2D eigenvalue weighted by molar-refractivity contribution is 0.592. The monoisotopic (exact) mass is 192 g/mol. The second-order valence-electron chi connectivity index (χ2n) is 3.68. The fourth-order valence-electron chi connectivity index (χ4n) is 1.79. The van der Waals surface area contributed by atoms with E-state index in [0.717, 1.165) is 5.69 Å². The Labute approximate surface area is 86.7 Å². The third kappa shape index (κ3) is 2.41. The third-order valence-corrected chi connectivity index (χ3v) is 2.77. The molecule has 0 radical (unpaired) electrons. The molecule has 0 saturated carbocycles. The Kier molecular flexibility index (Phi) is 3.81. The number of hydrogen-bond acceptors (Lipinski definition) is 2. The Hall–Kier alpha value is -1.18. The van der Waals surface area contributed by atoms with Crippen molar-refractivity contribution in [1.29, 1.82) is 0 Å². The Bertz CT molecular complexity index is 279. The minimum absolute atomic E-state index is 0.608. The maximum atomic E-state index is 5.75. The van der Waals surface area contributed by atoms with Crippen LogP contribution in [0, 0.1) is 0 Å². The number of hydrogen-bond donors (Lipinski definition) is 1. The lowest BCUT2D eigenvalue weighted by Crippen LogP contribution is -2.30. The number of nitrogens with two attached hydrogens (primary N) is 1. The second-order valence-corrected chi connectivity index (χ2v) is 3.68. The van der Waals surface area contributed by atoms with Crippen LogP contribution < -0.4 is 10.6 Å². The zero-order valence-corrected chi connectivity index (χ0v) is 9.33. The molecule has 0 saturated heterocycles. The van der Waals surface area contributed by atoms with Crippen LogP contribution in [0.4, 0.5) is 11.4 Å². The van der Waals surface area contributed by atoms with E-state index in [-0.39, 0.29) is 0 Å². The topological polar surface area (TPSA) is 29.3 Å². The zero-order valence-electron chi connectivity index (χ0n) is 9.33. The van der Waals surface area contributed by atoms with E-state index in [1.807, 2.05) is 18.2 Å². The van der Waals surface area contributed by atoms with Crippen LogP contribution in [0.3, 0.4) is 0 Å². The van der Waals surface area contributed by atoms with Gasteiger partial charge in [-0.3, -0.25) is 0 Å². The van der Waals surface area contributed by atoms with E-state index in [1.54, 1.807) is 0 Å². The molecule has 0 unspecified atom stereocenters. The quantitative estimate of drug-likeness (QED) is 0.743. The maximum absolute atomic E-state index is 5.75. The van der Waals surface area contributed by atoms with Gasteiger partial charge in [0.05, 0.1) is 0 Å². The summed E-state index contributed by atoms with van der Waals surface area (Å²) in [7, 11) is 2.13. The lowest BCUT2D eigenvalue weighted by atomic mass is 10.1. The van der Waals surface area contributed by atoms with Crippen LogP contribution in [0.5, 0.6) is 0 Å². The summed E-state index contributed by atoms with van der Waals surface area (Å²) >= 11 is 0. The van der Waals surface area contributed by atoms with Crippen molar-refractivity contribution in [2.45, 2.75) is 32.7 Å². The molecule has 2 N–H and O–H groups in total. The molecule has 0 amide bonds. The van der Waals surface area contributed by atoms with Crippen LogP contribution in [0.25, 0.3) is 0 Å². The van der Waals surface area contributed by atoms with Gasteiger partial charge in [-0.1, -0.05) is 19.9 Å². The minimum atomic E-state index is 0.608. The molecule has 0 spiro atoms. The molecule has 0 heterocycles. The van der Waals surface area contributed by atoms with E-state index in [1.165, 1.54) is 18.5 Å². The van der Waals surface area contributed by atoms with Gasteiger partial charge >= 0.3 is 0 Å². The molecule has 1 rings (SSSR count). The SMILES string of the molecule is CCC(CC)N(C)c1cccc(N)c1. The molecule has 2 heteroatoms. The van der Waals surface area contributed by atoms with Crippen molar-refractivity contribution in [3.8, 4) is 0 Å². The van der Waals surface area contributed by atoms with Crippen LogP contribution >= 0.6 is 0 Å². The number of benzene rings is 1. The van der Waals surface area contributed by atoms with E-state index < -0.39 is 0 Å². The Morgan fingerprint density at radius 3 is 2.43 bits per heavy atom. The number of rotatable bonds is 4. The van der Waals surface area contributed by atoms with E-state index in [0.29, 0.717) is 6.04 Å². The van der Waals surface area contributed by atoms with Gasteiger partial charge in [-0.05, 0) is 31.0 Å². The maximum Gasteiger partial charge on any atom is 0.0386 e. The first-order chi connectivity index (χ1) is 6.69. The molecule has 0 aliphatic carbocycles. The van der Waals surface area contributed by atoms with Crippen LogP contribution in [-0.4, -0.2) is 13.1 Å². The summed E-state index contributed by atoms with van der Waals surface area (Å²) in [6.45, 7) is 4.44. The van der Waals surface area contributed by atoms with Gasteiger partial charge in [0.15, 0.2) is 0 Å². The molecular weight excluding hydrogens is 172 g/mol. The van der Waals surface area contributed by atoms with E-state index in [4.69, 9.17) is 5.73 Å². The largest absolute Gasteiger partial charge is 0.399 e. The smallest absolute Gasteiger partial charge is 0.0386 e. The highest BCUT2D eigenvalue weighted by molar-refractivity contribution is 5.55. The molecule has 0 aliphatic rings. The van der Waals surface area contributed by atoms with Crippen molar-refractivity contribution in [2.75, 3.05) is 17.7 Å². The summed E-state index contributed by atoms with van der Waals surface area (Å²) in [5.41, 5.74) is 7.79. The molecule has 0 bridgehead atoms. The average molecular weight is 192 g/mol. The molecule has 0 aliphatic heterocycles. The van der Waals surface area contributed by atoms with Crippen molar-refractivity contribution < 1.29 is 0 Å². The van der Waals surface area contributed by atoms with E-state index in [2.05, 4.69) is 31.9 Å². The van der Waals surface area contributed by atoms with Crippen molar-refractivity contribution in [3.63, 3.8) is 0 Å². The van der Waals surface area contributed by atoms with Crippen LogP contribution in [-0.2, 0) is 0 Å². The highest BCUT2D eigenvalue weighted by Gasteiger charge is 2.10. The predicted molar refractivity (Wildman–Crippen MR) is 63.6 cm³/mol. The molecule has 78 valence electrons. The van der Waals surface area contributed by atoms with E-state index >= 15 is 0 Å². The first-order valence-corrected chi connectivity index (χ1v) is 5.27. The molecule has 0 aromatic heterocycles. The molecular formula is C12H20N2. The van der Waals surface area contributed by atoms with Crippen molar-refractivity contribution in [1.82, 2.24) is 0 Å². The Balaban J connectivity index is 2.82. The fraction of sp³-hybridized carbons (Fsp3) is 0.500. The minimum Gasteiger partial charge on any atom is -0.399 e. The molecule has 1 aromatic carbocycles. The van der Waals surface area contributed by atoms with Gasteiger partial charge in [-0.25, -0.2) is 0 Å². The Morgan fingerprint density at radius 1 is 1.29 bits per heavy atom. The summed E-state index contributed by atoms with van der Waals surface area (Å²) in [5, 5.41) is 0. The molecule has 0 fully saturated rings. The molecule has 2 nitrogen and oxygen atoms in total. The summed E-state index contributed by atoms with van der Waals surface area (Å²) in [5.74, 6) is 0. The van der Waals surface area contributed by atoms with Gasteiger partial charge in [0.1, 0.15) is 0 Å². The Morgan fingerprint density at radius 2 is 1.93 bits per heavy atom. The fourth-order valence-corrected chi connectivity index (χ4v) is 1.79. The highest BCUT2D eigenvalue weighted by atomic mass is 15.1. The van der Waals surface area contributed by atoms with E-state index in [9.17, 15) is 0 Å². The van der Waals surface area contributed by atoms with Crippen LogP contribution in [0.15, 0.2) is 24.3 Å². The number of anilines is 2. The van der Waals surface area contributed by atoms with Crippen LogP contribution in [0.1, 0.15) is 26.7 Å². The third-order valence-electron chi connectivity index (χ3n) is 2.77. The van der Waals surface area contributed by atoms with Crippen LogP contribution in [0.2, 0.25) is 0 Å². The predicted octanol–water partition coefficient (Wildman–Crippen LogP) is 2.89. The summed E-state index contributed by atoms with van der Waals surface area (Å²) < 4.78 is 0. The van der Waals surface area contributed by atoms with Gasteiger partial charge < -0.3 is 10.6 Å². The van der Waals surface area contributed by atoms with Crippen molar-refractivity contribution in [2.24, 2.45) is 0 Å². The molecule has 1 aromatic rings. The summed E-state index contributed by atoms with van der Waals surface area (Å²) in [6.07, 6.45) is 2.34. The normalized spacial score (nSPS) is 10.6. The van der Waals surface area contributed by atoms with Crippen molar-refractivity contribution >= 4 is 11.4 Å². The van der Waals surface area contributed by atoms with Gasteiger partial charge in [0.2, 0.25) is 0 Å². The molecule has 14 heavy (non-hydrogen) atoms. The standard InChI is InChI=1S/C12H20N2/c1-4-11(5-2)14(3)12-8-6-7-10(13)9-12/h6-9,11H,4-5,13H2,1-3H3. The van der Waals surface area contributed by atoms with Gasteiger partial charge in [-0.15, -0.1) is 0 Å². The van der Waals surface area contributed by atoms with Gasteiger partial charge in [0.25, 0.3) is 0 Å². The number of nitrogens with zero attached hydrogens (tertiary/aromatic N) is 1. The van der Waals surface area contributed by atoms with Crippen molar-refractivity contribution in [3.05, 3.63) is 24.3 Å². The lowest BCUT2D eigenvalue weighted by Gasteiger charge is -2.28. The first kappa shape index (κ1) is 10.9. The molecule has 0 atom stereocenters. The zero-order chi connectivity index (χ0) is 10.6.